The number of fused-ring (bicyclic) bond motifs is 1. The average molecular weight is 528 g/mol. The van der Waals surface area contributed by atoms with Gasteiger partial charge in [0, 0.05) is 24.3 Å². The Morgan fingerprint density at radius 3 is 2.51 bits per heavy atom. The van der Waals surface area contributed by atoms with Crippen LogP contribution in [0.1, 0.15) is 36.4 Å². The lowest BCUT2D eigenvalue weighted by molar-refractivity contribution is -0.115. The van der Waals surface area contributed by atoms with Crippen LogP contribution in [0.2, 0.25) is 0 Å². The second-order valence-corrected chi connectivity index (χ2v) is 9.67. The number of terminal acetylenes is 1. The van der Waals surface area contributed by atoms with E-state index in [1.54, 1.807) is 37.3 Å². The molecule has 10 heteroatoms. The van der Waals surface area contributed by atoms with Crippen molar-refractivity contribution < 1.29 is 9.18 Å². The Morgan fingerprint density at radius 1 is 1.10 bits per heavy atom. The Kier molecular flexibility index (Phi) is 6.44. The van der Waals surface area contributed by atoms with Gasteiger partial charge in [-0.25, -0.2) is 9.18 Å². The molecule has 1 aliphatic carbocycles. The first kappa shape index (κ1) is 25.7. The van der Waals surface area contributed by atoms with Gasteiger partial charge in [0.05, 0.1) is 23.3 Å². The van der Waals surface area contributed by atoms with E-state index in [9.17, 15) is 23.6 Å². The lowest BCUT2D eigenvalue weighted by Gasteiger charge is -2.21. The van der Waals surface area contributed by atoms with Crippen molar-refractivity contribution in [3.8, 4) is 18.0 Å². The molecule has 1 amide bonds. The van der Waals surface area contributed by atoms with Crippen LogP contribution in [0.3, 0.4) is 0 Å². The van der Waals surface area contributed by atoms with Crippen LogP contribution >= 0.6 is 0 Å². The van der Waals surface area contributed by atoms with Gasteiger partial charge in [-0.1, -0.05) is 18.1 Å². The summed E-state index contributed by atoms with van der Waals surface area (Å²) in [5.74, 6) is 1.39. The molecular weight excluding hydrogens is 501 g/mol. The fourth-order valence-electron chi connectivity index (χ4n) is 4.72. The molecule has 1 aliphatic rings. The highest BCUT2D eigenvalue weighted by atomic mass is 19.1. The summed E-state index contributed by atoms with van der Waals surface area (Å²) in [6.45, 7) is 3.29. The Balaban J connectivity index is 1.85. The van der Waals surface area contributed by atoms with Crippen LogP contribution in [-0.2, 0) is 11.8 Å². The number of rotatable bonds is 6. The molecule has 0 atom stereocenters. The molecule has 4 aromatic rings. The predicted octanol–water partition coefficient (Wildman–Crippen LogP) is 3.65. The first-order valence-corrected chi connectivity index (χ1v) is 12.4. The maximum Gasteiger partial charge on any atom is 0.336 e. The number of hydrogen-bond acceptors (Lipinski definition) is 5. The lowest BCUT2D eigenvalue weighted by atomic mass is 10.1. The van der Waals surface area contributed by atoms with Crippen molar-refractivity contribution in [1.29, 1.82) is 0 Å². The van der Waals surface area contributed by atoms with E-state index in [1.807, 2.05) is 0 Å². The summed E-state index contributed by atoms with van der Waals surface area (Å²) < 4.78 is 18.6. The SMILES string of the molecule is C#CCC(=O)Nc1cccc(-n2c(=O)n(C3CC3)c(=O)c3c(Nc4ccc(C)cc4F)n(C)c(=O)c(C)c32)c1. The number of aromatic nitrogens is 3. The average Bonchev–Trinajstić information content (AvgIpc) is 3.72. The third-order valence-corrected chi connectivity index (χ3v) is 6.78. The van der Waals surface area contributed by atoms with E-state index in [0.717, 1.165) is 0 Å². The van der Waals surface area contributed by atoms with Crippen LogP contribution in [0.25, 0.3) is 16.6 Å². The largest absolute Gasteiger partial charge is 0.338 e. The Hall–Kier alpha value is -4.91. The number of hydrogen-bond donors (Lipinski definition) is 2. The number of carbonyl (C=O) groups excluding carboxylic acids is 1. The first-order chi connectivity index (χ1) is 18.6. The second kappa shape index (κ2) is 9.76. The van der Waals surface area contributed by atoms with Gasteiger partial charge in [0.15, 0.2) is 0 Å². The standard InChI is InChI=1S/C29H26FN5O4/c1-5-7-23(36)31-18-8-6-9-20(15-18)34-25-17(3)27(37)33(4)26(32-22-13-10-16(2)14-21(22)30)24(25)28(38)35(29(34)39)19-11-12-19/h1,6,8-10,13-15,19,32H,7,11-12H2,2-4H3,(H,31,36). The van der Waals surface area contributed by atoms with Crippen molar-refractivity contribution in [1.82, 2.24) is 13.7 Å². The molecule has 0 saturated heterocycles. The van der Waals surface area contributed by atoms with Crippen molar-refractivity contribution >= 4 is 34.0 Å². The molecule has 2 aromatic heterocycles. The Bertz CT molecular complexity index is 1890. The Morgan fingerprint density at radius 2 is 1.85 bits per heavy atom. The zero-order chi connectivity index (χ0) is 28.0. The van der Waals surface area contributed by atoms with E-state index in [2.05, 4.69) is 16.6 Å². The highest BCUT2D eigenvalue weighted by molar-refractivity contribution is 5.94. The minimum Gasteiger partial charge on any atom is -0.338 e. The minimum absolute atomic E-state index is 0.0648. The van der Waals surface area contributed by atoms with Gasteiger partial charge in [0.25, 0.3) is 11.1 Å². The normalized spacial score (nSPS) is 12.8. The van der Waals surface area contributed by atoms with Crippen LogP contribution in [0.15, 0.2) is 56.8 Å². The maximum atomic E-state index is 14.8. The van der Waals surface area contributed by atoms with Crippen LogP contribution in [0.5, 0.6) is 0 Å². The molecule has 5 rings (SSSR count). The number of amides is 1. The number of nitrogens with one attached hydrogen (secondary N) is 2. The Labute approximate surface area is 222 Å². The van der Waals surface area contributed by atoms with E-state index in [-0.39, 0.29) is 40.4 Å². The van der Waals surface area contributed by atoms with Crippen molar-refractivity contribution in [3.05, 3.63) is 90.6 Å². The van der Waals surface area contributed by atoms with Crippen molar-refractivity contribution in [2.75, 3.05) is 10.6 Å². The molecule has 0 aliphatic heterocycles. The summed E-state index contributed by atoms with van der Waals surface area (Å²) in [5.41, 5.74) is 0.141. The summed E-state index contributed by atoms with van der Waals surface area (Å²) in [7, 11) is 1.49. The van der Waals surface area contributed by atoms with Crippen LogP contribution in [0, 0.1) is 32.0 Å². The number of carbonyl (C=O) groups is 1. The molecule has 0 radical (unpaired) electrons. The summed E-state index contributed by atoms with van der Waals surface area (Å²) >= 11 is 0. The zero-order valence-electron chi connectivity index (χ0n) is 21.7. The van der Waals surface area contributed by atoms with Crippen LogP contribution in [0.4, 0.5) is 21.6 Å². The molecule has 2 N–H and O–H groups in total. The van der Waals surface area contributed by atoms with Crippen molar-refractivity contribution in [2.45, 2.75) is 39.2 Å². The molecule has 1 saturated carbocycles. The highest BCUT2D eigenvalue weighted by Crippen LogP contribution is 2.34. The topological polar surface area (TPSA) is 107 Å². The number of aryl methyl sites for hydroxylation is 2. The summed E-state index contributed by atoms with van der Waals surface area (Å²) in [5, 5.41) is 5.70. The summed E-state index contributed by atoms with van der Waals surface area (Å²) in [6, 6.07) is 10.8. The molecule has 2 heterocycles. The van der Waals surface area contributed by atoms with Gasteiger partial charge in [-0.05, 0) is 62.6 Å². The molecule has 9 nitrogen and oxygen atoms in total. The van der Waals surface area contributed by atoms with Gasteiger partial charge in [0.1, 0.15) is 17.0 Å². The zero-order valence-corrected chi connectivity index (χ0v) is 21.7. The van der Waals surface area contributed by atoms with Gasteiger partial charge in [-0.2, -0.15) is 0 Å². The van der Waals surface area contributed by atoms with E-state index in [4.69, 9.17) is 6.42 Å². The quantitative estimate of drug-likeness (QED) is 0.373. The highest BCUT2D eigenvalue weighted by Gasteiger charge is 2.31. The lowest BCUT2D eigenvalue weighted by Crippen LogP contribution is -2.41. The number of benzene rings is 2. The second-order valence-electron chi connectivity index (χ2n) is 9.67. The number of halogens is 1. The fraction of sp³-hybridized carbons (Fsp3) is 0.241. The van der Waals surface area contributed by atoms with Gasteiger partial charge < -0.3 is 10.6 Å². The maximum absolute atomic E-state index is 14.8. The monoisotopic (exact) mass is 527 g/mol. The van der Waals surface area contributed by atoms with E-state index < -0.39 is 28.5 Å². The third kappa shape index (κ3) is 4.52. The number of anilines is 3. The molecule has 0 unspecified atom stereocenters. The number of nitrogens with zero attached hydrogens (tertiary/aromatic N) is 3. The smallest absolute Gasteiger partial charge is 0.336 e. The van der Waals surface area contributed by atoms with E-state index in [0.29, 0.717) is 29.8 Å². The molecule has 2 aromatic carbocycles. The van der Waals surface area contributed by atoms with Crippen LogP contribution < -0.4 is 27.4 Å². The third-order valence-electron chi connectivity index (χ3n) is 6.78. The van der Waals surface area contributed by atoms with Crippen molar-refractivity contribution in [3.63, 3.8) is 0 Å². The number of pyridine rings is 1. The molecule has 1 fully saturated rings. The molecule has 198 valence electrons. The van der Waals surface area contributed by atoms with Crippen LogP contribution in [-0.4, -0.2) is 19.6 Å². The van der Waals surface area contributed by atoms with Gasteiger partial charge in [-0.15, -0.1) is 6.42 Å². The molecule has 39 heavy (non-hydrogen) atoms. The van der Waals surface area contributed by atoms with Gasteiger partial charge >= 0.3 is 5.69 Å². The molecule has 0 spiro atoms. The molecule has 0 bridgehead atoms. The van der Waals surface area contributed by atoms with Gasteiger partial charge in [0.2, 0.25) is 5.91 Å². The van der Waals surface area contributed by atoms with E-state index >= 15 is 0 Å². The van der Waals surface area contributed by atoms with E-state index in [1.165, 1.54) is 39.8 Å². The minimum atomic E-state index is -0.606. The van der Waals surface area contributed by atoms with Gasteiger partial charge in [-0.3, -0.25) is 28.1 Å². The fourth-order valence-corrected chi connectivity index (χ4v) is 4.72. The predicted molar refractivity (Wildman–Crippen MR) is 149 cm³/mol. The van der Waals surface area contributed by atoms with Crippen molar-refractivity contribution in [2.24, 2.45) is 7.05 Å². The summed E-state index contributed by atoms with van der Waals surface area (Å²) in [6.07, 6.45) is 6.42. The summed E-state index contributed by atoms with van der Waals surface area (Å²) in [4.78, 5) is 53.2. The first-order valence-electron chi connectivity index (χ1n) is 12.4. The molecular formula is C29H26FN5O4.